The molecule has 1 aliphatic carbocycles. The fourth-order valence-electron chi connectivity index (χ4n) is 4.97. The first-order valence-electron chi connectivity index (χ1n) is 12.2. The van der Waals surface area contributed by atoms with E-state index in [1.807, 2.05) is 18.3 Å². The molecule has 1 amide bonds. The minimum absolute atomic E-state index is 0.117. The molecule has 2 saturated heterocycles. The van der Waals surface area contributed by atoms with E-state index in [9.17, 15) is 18.0 Å². The van der Waals surface area contributed by atoms with Gasteiger partial charge in [-0.25, -0.2) is 27.7 Å². The lowest BCUT2D eigenvalue weighted by molar-refractivity contribution is -0.211. The molecule has 1 N–H and O–H groups in total. The van der Waals surface area contributed by atoms with E-state index in [-0.39, 0.29) is 29.1 Å². The quantitative estimate of drug-likeness (QED) is 0.424. The molecule has 2 aliphatic heterocycles. The van der Waals surface area contributed by atoms with Gasteiger partial charge in [0.25, 0.3) is 6.43 Å². The zero-order valence-corrected chi connectivity index (χ0v) is 20.0. The summed E-state index contributed by atoms with van der Waals surface area (Å²) < 4.78 is 53.6. The van der Waals surface area contributed by atoms with E-state index < -0.39 is 30.1 Å². The molecule has 0 unspecified atom stereocenters. The molecule has 38 heavy (non-hydrogen) atoms. The number of ether oxygens (including phenoxy) is 2. The summed E-state index contributed by atoms with van der Waals surface area (Å²) in [4.78, 5) is 27.1. The first-order valence-corrected chi connectivity index (χ1v) is 12.2. The first-order chi connectivity index (χ1) is 18.4. The topological polar surface area (TPSA) is 107 Å². The first kappa shape index (κ1) is 23.3. The molecular formula is C25H22F3N7O3. The highest BCUT2D eigenvalue weighted by molar-refractivity contribution is 6.00. The number of anilines is 2. The van der Waals surface area contributed by atoms with E-state index >= 15 is 0 Å². The van der Waals surface area contributed by atoms with E-state index in [2.05, 4.69) is 30.3 Å². The van der Waals surface area contributed by atoms with Gasteiger partial charge in [0, 0.05) is 35.3 Å². The van der Waals surface area contributed by atoms with Crippen molar-refractivity contribution in [2.45, 2.75) is 24.6 Å². The number of fused-ring (bicyclic) bond motifs is 2. The Morgan fingerprint density at radius 2 is 2.03 bits per heavy atom. The maximum Gasteiger partial charge on any atom is 0.281 e. The van der Waals surface area contributed by atoms with Gasteiger partial charge in [-0.3, -0.25) is 9.78 Å². The van der Waals surface area contributed by atoms with E-state index in [4.69, 9.17) is 9.47 Å². The van der Waals surface area contributed by atoms with Gasteiger partial charge in [0.1, 0.15) is 23.3 Å². The lowest BCUT2D eigenvalue weighted by Crippen LogP contribution is -2.63. The van der Waals surface area contributed by atoms with Crippen molar-refractivity contribution in [3.8, 4) is 11.4 Å². The van der Waals surface area contributed by atoms with Crippen LogP contribution in [0.25, 0.3) is 27.8 Å². The van der Waals surface area contributed by atoms with Gasteiger partial charge in [-0.15, -0.1) is 5.10 Å². The second kappa shape index (κ2) is 8.60. The third-order valence-corrected chi connectivity index (χ3v) is 7.21. The monoisotopic (exact) mass is 525 g/mol. The number of carbonyl (C=O) groups is 1. The van der Waals surface area contributed by atoms with Crippen LogP contribution >= 0.6 is 0 Å². The molecule has 0 aromatic carbocycles. The Morgan fingerprint density at radius 1 is 1.18 bits per heavy atom. The minimum Gasteiger partial charge on any atom is -0.375 e. The number of pyridine rings is 3. The molecular weight excluding hydrogens is 503 g/mol. The van der Waals surface area contributed by atoms with Gasteiger partial charge < -0.3 is 19.7 Å². The van der Waals surface area contributed by atoms with Gasteiger partial charge in [0.15, 0.2) is 11.5 Å². The SMILES string of the molecule is O=C(Nc1cc2c(-c3nc4ccc(N5CCOC6(COC6)C5)cn4n3)cnc(C(F)F)c2cn1)[C@@H]1C[C@@H]1F. The molecule has 4 aromatic heterocycles. The molecule has 0 radical (unpaired) electrons. The average Bonchev–Trinajstić information content (AvgIpc) is 3.49. The summed E-state index contributed by atoms with van der Waals surface area (Å²) in [5.74, 6) is -0.804. The zero-order chi connectivity index (χ0) is 26.0. The molecule has 2 atom stereocenters. The molecule has 3 aliphatic rings. The van der Waals surface area contributed by atoms with Crippen LogP contribution in [0.4, 0.5) is 24.7 Å². The highest BCUT2D eigenvalue weighted by Crippen LogP contribution is 2.36. The largest absolute Gasteiger partial charge is 0.375 e. The Balaban J connectivity index is 1.26. The van der Waals surface area contributed by atoms with Crippen molar-refractivity contribution in [3.05, 3.63) is 42.5 Å². The molecule has 0 bridgehead atoms. The van der Waals surface area contributed by atoms with E-state index in [0.29, 0.717) is 43.0 Å². The lowest BCUT2D eigenvalue weighted by atomic mass is 9.99. The second-order valence-electron chi connectivity index (χ2n) is 9.89. The van der Waals surface area contributed by atoms with Gasteiger partial charge in [0.2, 0.25) is 5.91 Å². The average molecular weight is 525 g/mol. The Labute approximate surface area is 213 Å². The van der Waals surface area contributed by atoms with Crippen molar-refractivity contribution in [2.24, 2.45) is 5.92 Å². The number of aromatic nitrogens is 5. The number of nitrogens with one attached hydrogen (secondary N) is 1. The van der Waals surface area contributed by atoms with Crippen molar-refractivity contribution in [2.75, 3.05) is 43.1 Å². The summed E-state index contributed by atoms with van der Waals surface area (Å²) in [6.45, 7) is 3.16. The van der Waals surface area contributed by atoms with Crippen LogP contribution in [0.3, 0.4) is 0 Å². The summed E-state index contributed by atoms with van der Waals surface area (Å²) in [5, 5.41) is 7.65. The van der Waals surface area contributed by atoms with E-state index in [1.54, 1.807) is 4.52 Å². The molecule has 1 saturated carbocycles. The van der Waals surface area contributed by atoms with Gasteiger partial charge in [-0.2, -0.15) is 0 Å². The third kappa shape index (κ3) is 3.93. The summed E-state index contributed by atoms with van der Waals surface area (Å²) in [6.07, 6.45) is 0.557. The molecule has 4 aromatic rings. The lowest BCUT2D eigenvalue weighted by Gasteiger charge is -2.48. The molecule has 6 heterocycles. The number of carbonyl (C=O) groups excluding carboxylic acids is 1. The second-order valence-corrected chi connectivity index (χ2v) is 9.89. The highest BCUT2D eigenvalue weighted by Gasteiger charge is 2.44. The summed E-state index contributed by atoms with van der Waals surface area (Å²) in [5.41, 5.74) is 1.20. The van der Waals surface area contributed by atoms with Gasteiger partial charge >= 0.3 is 0 Å². The fraction of sp³-hybridized carbons (Fsp3) is 0.400. The predicted octanol–water partition coefficient (Wildman–Crippen LogP) is 3.18. The Kier molecular flexibility index (Phi) is 5.27. The fourth-order valence-corrected chi connectivity index (χ4v) is 4.97. The number of morpholine rings is 1. The van der Waals surface area contributed by atoms with Crippen LogP contribution < -0.4 is 10.2 Å². The normalized spacial score (nSPS) is 22.3. The van der Waals surface area contributed by atoms with Crippen LogP contribution in [-0.2, 0) is 14.3 Å². The molecule has 1 spiro atoms. The van der Waals surface area contributed by atoms with Gasteiger partial charge in [0.05, 0.1) is 44.2 Å². The van der Waals surface area contributed by atoms with Crippen LogP contribution in [-0.4, -0.2) is 75.2 Å². The van der Waals surface area contributed by atoms with Crippen LogP contribution in [0.15, 0.2) is 36.8 Å². The van der Waals surface area contributed by atoms with Crippen LogP contribution in [0.2, 0.25) is 0 Å². The minimum atomic E-state index is -2.83. The van der Waals surface area contributed by atoms with Crippen molar-refractivity contribution in [3.63, 3.8) is 0 Å². The van der Waals surface area contributed by atoms with E-state index in [1.165, 1.54) is 18.5 Å². The molecule has 7 rings (SSSR count). The molecule has 10 nitrogen and oxygen atoms in total. The number of nitrogens with zero attached hydrogens (tertiary/aromatic N) is 6. The number of rotatable bonds is 5. The Hall–Kier alpha value is -3.84. The summed E-state index contributed by atoms with van der Waals surface area (Å²) in [7, 11) is 0. The van der Waals surface area contributed by atoms with Crippen molar-refractivity contribution >= 4 is 33.8 Å². The summed E-state index contributed by atoms with van der Waals surface area (Å²) in [6, 6.07) is 5.26. The van der Waals surface area contributed by atoms with Gasteiger partial charge in [-0.1, -0.05) is 0 Å². The number of hydrogen-bond donors (Lipinski definition) is 1. The third-order valence-electron chi connectivity index (χ3n) is 7.21. The number of amides is 1. The zero-order valence-electron chi connectivity index (χ0n) is 20.0. The van der Waals surface area contributed by atoms with Gasteiger partial charge in [-0.05, 0) is 24.6 Å². The maximum absolute atomic E-state index is 13.7. The van der Waals surface area contributed by atoms with Crippen molar-refractivity contribution < 1.29 is 27.4 Å². The van der Waals surface area contributed by atoms with Crippen LogP contribution in [0.1, 0.15) is 18.5 Å². The van der Waals surface area contributed by atoms with Crippen LogP contribution in [0.5, 0.6) is 0 Å². The molecule has 13 heteroatoms. The Morgan fingerprint density at radius 3 is 2.76 bits per heavy atom. The maximum atomic E-state index is 13.7. The highest BCUT2D eigenvalue weighted by atomic mass is 19.3. The summed E-state index contributed by atoms with van der Waals surface area (Å²) >= 11 is 0. The molecule has 3 fully saturated rings. The van der Waals surface area contributed by atoms with Crippen molar-refractivity contribution in [1.82, 2.24) is 24.6 Å². The van der Waals surface area contributed by atoms with Crippen LogP contribution in [0, 0.1) is 5.92 Å². The predicted molar refractivity (Wildman–Crippen MR) is 130 cm³/mol. The number of alkyl halides is 3. The molecule has 196 valence electrons. The van der Waals surface area contributed by atoms with Crippen molar-refractivity contribution in [1.29, 1.82) is 0 Å². The smallest absolute Gasteiger partial charge is 0.281 e. The number of halogens is 3. The number of hydrogen-bond acceptors (Lipinski definition) is 8. The Bertz CT molecular complexity index is 1570. The van der Waals surface area contributed by atoms with E-state index in [0.717, 1.165) is 12.2 Å². The standard InChI is InChI=1S/C25H22F3N7O3/c26-18-5-15(18)24(36)31-19-6-14-16(7-29-19)21(22(27)28)30-8-17(14)23-32-20-2-1-13(9-35(20)33-23)34-3-4-38-25(10-34)11-37-12-25/h1-2,6-9,15,18,22H,3-5,10-12H2,(H,29,31,36)/t15-,18+/m1/s1.